The van der Waals surface area contributed by atoms with E-state index in [1.807, 2.05) is 25.7 Å². The van der Waals surface area contributed by atoms with Gasteiger partial charge in [0.25, 0.3) is 0 Å². The minimum atomic E-state index is -0.178. The SMILES string of the molecule is CCN1C(=O)N(c2ncc(Br)cn2)CC1(C)C. The van der Waals surface area contributed by atoms with Crippen molar-refractivity contribution in [1.29, 1.82) is 0 Å². The zero-order valence-electron chi connectivity index (χ0n) is 10.1. The lowest BCUT2D eigenvalue weighted by Gasteiger charge is -2.27. The second-order valence-corrected chi connectivity index (χ2v) is 5.54. The fraction of sp³-hybridized carbons (Fsp3) is 0.545. The van der Waals surface area contributed by atoms with Crippen molar-refractivity contribution in [2.75, 3.05) is 18.0 Å². The molecule has 0 aliphatic carbocycles. The fourth-order valence-electron chi connectivity index (χ4n) is 2.11. The van der Waals surface area contributed by atoms with E-state index in [0.29, 0.717) is 19.0 Å². The van der Waals surface area contributed by atoms with Gasteiger partial charge in [0.05, 0.1) is 16.6 Å². The maximum atomic E-state index is 12.2. The molecule has 1 aliphatic rings. The van der Waals surface area contributed by atoms with Gasteiger partial charge in [0.1, 0.15) is 0 Å². The number of hydrogen-bond acceptors (Lipinski definition) is 3. The molecule has 2 amide bonds. The highest BCUT2D eigenvalue weighted by atomic mass is 79.9. The maximum absolute atomic E-state index is 12.2. The Kier molecular flexibility index (Phi) is 3.07. The largest absolute Gasteiger partial charge is 0.327 e. The molecule has 0 saturated carbocycles. The summed E-state index contributed by atoms with van der Waals surface area (Å²) in [4.78, 5) is 24.0. The predicted octanol–water partition coefficient (Wildman–Crippen LogP) is 2.28. The monoisotopic (exact) mass is 298 g/mol. The molecular formula is C11H15BrN4O. The number of carbonyl (C=O) groups excluding carboxylic acids is 1. The van der Waals surface area contributed by atoms with Crippen LogP contribution < -0.4 is 4.90 Å². The van der Waals surface area contributed by atoms with Crippen molar-refractivity contribution in [2.45, 2.75) is 26.3 Å². The van der Waals surface area contributed by atoms with Crippen LogP contribution in [0.15, 0.2) is 16.9 Å². The van der Waals surface area contributed by atoms with E-state index in [1.54, 1.807) is 17.3 Å². The molecule has 1 aliphatic heterocycles. The van der Waals surface area contributed by atoms with Crippen molar-refractivity contribution in [2.24, 2.45) is 0 Å². The summed E-state index contributed by atoms with van der Waals surface area (Å²) in [5.74, 6) is 0.460. The molecule has 0 unspecified atom stereocenters. The smallest absolute Gasteiger partial charge is 0.318 e. The summed E-state index contributed by atoms with van der Waals surface area (Å²) in [6, 6.07) is -0.0279. The highest BCUT2D eigenvalue weighted by Crippen LogP contribution is 2.28. The number of aromatic nitrogens is 2. The number of halogens is 1. The lowest BCUT2D eigenvalue weighted by atomic mass is 10.1. The summed E-state index contributed by atoms with van der Waals surface area (Å²) in [6.07, 6.45) is 3.30. The van der Waals surface area contributed by atoms with Crippen LogP contribution in [-0.4, -0.2) is 39.5 Å². The molecule has 0 bridgehead atoms. The van der Waals surface area contributed by atoms with Crippen LogP contribution in [-0.2, 0) is 0 Å². The van der Waals surface area contributed by atoms with Crippen LogP contribution in [0.25, 0.3) is 0 Å². The number of carbonyl (C=O) groups is 1. The molecule has 17 heavy (non-hydrogen) atoms. The molecule has 1 fully saturated rings. The van der Waals surface area contributed by atoms with Crippen molar-refractivity contribution in [1.82, 2.24) is 14.9 Å². The normalized spacial score (nSPS) is 18.9. The van der Waals surface area contributed by atoms with E-state index in [0.717, 1.165) is 4.47 Å². The number of urea groups is 1. The van der Waals surface area contributed by atoms with E-state index < -0.39 is 0 Å². The van der Waals surface area contributed by atoms with E-state index in [2.05, 4.69) is 25.9 Å². The fourth-order valence-corrected chi connectivity index (χ4v) is 2.31. The number of rotatable bonds is 2. The summed E-state index contributed by atoms with van der Waals surface area (Å²) < 4.78 is 0.805. The molecule has 0 aromatic carbocycles. The van der Waals surface area contributed by atoms with Crippen LogP contribution >= 0.6 is 15.9 Å². The van der Waals surface area contributed by atoms with Gasteiger partial charge in [-0.3, -0.25) is 4.90 Å². The number of amides is 2. The van der Waals surface area contributed by atoms with E-state index in [1.165, 1.54) is 0 Å². The van der Waals surface area contributed by atoms with Crippen LogP contribution in [0.1, 0.15) is 20.8 Å². The standard InChI is InChI=1S/C11H15BrN4O/c1-4-16-10(17)15(7-11(16,2)3)9-13-5-8(12)6-14-9/h5-6H,4,7H2,1-3H3. The molecule has 0 N–H and O–H groups in total. The van der Waals surface area contributed by atoms with E-state index in [-0.39, 0.29) is 11.6 Å². The van der Waals surface area contributed by atoms with Crippen LogP contribution in [0.3, 0.4) is 0 Å². The zero-order valence-corrected chi connectivity index (χ0v) is 11.7. The highest BCUT2D eigenvalue weighted by molar-refractivity contribution is 9.10. The first-order valence-corrected chi connectivity index (χ1v) is 6.31. The molecule has 6 heteroatoms. The second kappa shape index (κ2) is 4.25. The third kappa shape index (κ3) is 2.13. The molecule has 2 rings (SSSR count). The van der Waals surface area contributed by atoms with E-state index in [4.69, 9.17) is 0 Å². The second-order valence-electron chi connectivity index (χ2n) is 4.63. The molecule has 0 radical (unpaired) electrons. The van der Waals surface area contributed by atoms with Crippen LogP contribution in [0.5, 0.6) is 0 Å². The van der Waals surface area contributed by atoms with Crippen molar-refractivity contribution in [3.05, 3.63) is 16.9 Å². The lowest BCUT2D eigenvalue weighted by Crippen LogP contribution is -2.41. The molecule has 5 nitrogen and oxygen atoms in total. The molecule has 0 spiro atoms. The van der Waals surface area contributed by atoms with Gasteiger partial charge in [-0.2, -0.15) is 0 Å². The maximum Gasteiger partial charge on any atom is 0.327 e. The Morgan fingerprint density at radius 3 is 2.47 bits per heavy atom. The summed E-state index contributed by atoms with van der Waals surface area (Å²) in [5.41, 5.74) is -0.178. The van der Waals surface area contributed by atoms with Gasteiger partial charge >= 0.3 is 6.03 Å². The summed E-state index contributed by atoms with van der Waals surface area (Å²) >= 11 is 3.28. The van der Waals surface area contributed by atoms with Crippen molar-refractivity contribution >= 4 is 27.9 Å². The van der Waals surface area contributed by atoms with Crippen LogP contribution in [0.4, 0.5) is 10.7 Å². The average Bonchev–Trinajstić information content (AvgIpc) is 2.50. The molecule has 1 aromatic heterocycles. The average molecular weight is 299 g/mol. The Morgan fingerprint density at radius 2 is 2.00 bits per heavy atom. The van der Waals surface area contributed by atoms with Gasteiger partial charge < -0.3 is 4.90 Å². The van der Waals surface area contributed by atoms with Crippen molar-refractivity contribution < 1.29 is 4.79 Å². The lowest BCUT2D eigenvalue weighted by molar-refractivity contribution is 0.182. The number of likely N-dealkylation sites (N-methyl/N-ethyl adjacent to an activating group) is 1. The number of hydrogen-bond donors (Lipinski definition) is 0. The van der Waals surface area contributed by atoms with Gasteiger partial charge in [-0.25, -0.2) is 14.8 Å². The van der Waals surface area contributed by atoms with Crippen molar-refractivity contribution in [3.8, 4) is 0 Å². The van der Waals surface area contributed by atoms with Crippen LogP contribution in [0, 0.1) is 0 Å². The first-order valence-electron chi connectivity index (χ1n) is 5.52. The van der Waals surface area contributed by atoms with Gasteiger partial charge in [0.2, 0.25) is 5.95 Å². The minimum absolute atomic E-state index is 0.0279. The first-order chi connectivity index (χ1) is 7.95. The first kappa shape index (κ1) is 12.3. The quantitative estimate of drug-likeness (QED) is 0.842. The Balaban J connectivity index is 2.30. The molecule has 0 atom stereocenters. The zero-order chi connectivity index (χ0) is 12.6. The van der Waals surface area contributed by atoms with Gasteiger partial charge in [-0.05, 0) is 36.7 Å². The molecule has 1 saturated heterocycles. The third-order valence-electron chi connectivity index (χ3n) is 2.90. The Morgan fingerprint density at radius 1 is 1.41 bits per heavy atom. The summed E-state index contributed by atoms with van der Waals surface area (Å²) in [5, 5.41) is 0. The summed E-state index contributed by atoms with van der Waals surface area (Å²) in [7, 11) is 0. The Labute approximate surface area is 109 Å². The predicted molar refractivity (Wildman–Crippen MR) is 68.9 cm³/mol. The molecule has 92 valence electrons. The van der Waals surface area contributed by atoms with E-state index in [9.17, 15) is 4.79 Å². The van der Waals surface area contributed by atoms with Crippen molar-refractivity contribution in [3.63, 3.8) is 0 Å². The van der Waals surface area contributed by atoms with E-state index >= 15 is 0 Å². The number of nitrogens with zero attached hydrogens (tertiary/aromatic N) is 4. The minimum Gasteiger partial charge on any atom is -0.318 e. The van der Waals surface area contributed by atoms with Gasteiger partial charge in [0.15, 0.2) is 0 Å². The van der Waals surface area contributed by atoms with Gasteiger partial charge in [0, 0.05) is 18.9 Å². The summed E-state index contributed by atoms with van der Waals surface area (Å²) in [6.45, 7) is 7.38. The Bertz CT molecular complexity index is 432. The molecular weight excluding hydrogens is 284 g/mol. The molecule has 1 aromatic rings. The van der Waals surface area contributed by atoms with Gasteiger partial charge in [-0.15, -0.1) is 0 Å². The van der Waals surface area contributed by atoms with Gasteiger partial charge in [-0.1, -0.05) is 0 Å². The highest BCUT2D eigenvalue weighted by Gasteiger charge is 2.43. The van der Waals surface area contributed by atoms with Crippen LogP contribution in [0.2, 0.25) is 0 Å². The number of anilines is 1. The Hall–Kier alpha value is -1.17. The topological polar surface area (TPSA) is 49.3 Å². The molecule has 2 heterocycles. The third-order valence-corrected chi connectivity index (χ3v) is 3.31.